The molecule has 0 radical (unpaired) electrons. The molecule has 1 aliphatic rings. The highest BCUT2D eigenvalue weighted by atomic mass is 16.3. The molecule has 13 rings (SSSR count). The Bertz CT molecular complexity index is 3660. The summed E-state index contributed by atoms with van der Waals surface area (Å²) in [4.78, 5) is 0. The van der Waals surface area contributed by atoms with Crippen LogP contribution < -0.4 is 0 Å². The maximum Gasteiger partial charge on any atom is 0.135 e. The van der Waals surface area contributed by atoms with Crippen molar-refractivity contribution in [2.24, 2.45) is 0 Å². The smallest absolute Gasteiger partial charge is 0.135 e. The molecule has 0 amide bonds. The van der Waals surface area contributed by atoms with E-state index in [4.69, 9.17) is 4.42 Å². The molecule has 12 aromatic rings. The Morgan fingerprint density at radius 3 is 1.70 bits per heavy atom. The second kappa shape index (κ2) is 12.6. The van der Waals surface area contributed by atoms with Gasteiger partial charge in [-0.1, -0.05) is 182 Å². The van der Waals surface area contributed by atoms with Gasteiger partial charge in [0.2, 0.25) is 0 Å². The average molecular weight is 761 g/mol. The Hall–Kier alpha value is -7.74. The quantitative estimate of drug-likeness (QED) is 0.129. The fraction of sp³-hybridized carbons (Fsp3) is 0.0169. The van der Waals surface area contributed by atoms with Gasteiger partial charge in [0.15, 0.2) is 0 Å². The van der Waals surface area contributed by atoms with Gasteiger partial charge in [0.05, 0.1) is 5.41 Å². The summed E-state index contributed by atoms with van der Waals surface area (Å²) >= 11 is 0. The molecule has 60 heavy (non-hydrogen) atoms. The zero-order chi connectivity index (χ0) is 39.4. The molecule has 0 unspecified atom stereocenters. The van der Waals surface area contributed by atoms with Gasteiger partial charge < -0.3 is 4.42 Å². The minimum Gasteiger partial charge on any atom is -0.456 e. The second-order valence-corrected chi connectivity index (χ2v) is 16.3. The zero-order valence-corrected chi connectivity index (χ0v) is 32.7. The summed E-state index contributed by atoms with van der Waals surface area (Å²) in [5, 5.41) is 12.3. The molecule has 0 atom stereocenters. The lowest BCUT2D eigenvalue weighted by Gasteiger charge is -2.34. The van der Waals surface area contributed by atoms with E-state index in [2.05, 4.69) is 212 Å². The van der Waals surface area contributed by atoms with Crippen LogP contribution in [0.2, 0.25) is 0 Å². The van der Waals surface area contributed by atoms with Gasteiger partial charge in [-0.3, -0.25) is 0 Å². The summed E-state index contributed by atoms with van der Waals surface area (Å²) in [7, 11) is 0. The molecule has 0 bridgehead atoms. The highest BCUT2D eigenvalue weighted by Crippen LogP contribution is 2.60. The van der Waals surface area contributed by atoms with Crippen molar-refractivity contribution in [2.75, 3.05) is 0 Å². The van der Waals surface area contributed by atoms with Crippen LogP contribution in [0.4, 0.5) is 0 Å². The molecular weight excluding hydrogens is 725 g/mol. The lowest BCUT2D eigenvalue weighted by Crippen LogP contribution is -2.28. The fourth-order valence-electron chi connectivity index (χ4n) is 10.8. The molecule has 0 spiro atoms. The van der Waals surface area contributed by atoms with Crippen LogP contribution >= 0.6 is 0 Å². The number of hydrogen-bond donors (Lipinski definition) is 0. The predicted octanol–water partition coefficient (Wildman–Crippen LogP) is 15.9. The number of furan rings is 1. The Kier molecular flexibility index (Phi) is 7.00. The van der Waals surface area contributed by atoms with Crippen molar-refractivity contribution in [2.45, 2.75) is 5.41 Å². The topological polar surface area (TPSA) is 13.1 Å². The second-order valence-electron chi connectivity index (χ2n) is 16.3. The van der Waals surface area contributed by atoms with Gasteiger partial charge in [-0.15, -0.1) is 0 Å². The molecule has 11 aromatic carbocycles. The van der Waals surface area contributed by atoms with Gasteiger partial charge in [0.1, 0.15) is 11.2 Å². The van der Waals surface area contributed by atoms with Gasteiger partial charge >= 0.3 is 0 Å². The fourth-order valence-corrected chi connectivity index (χ4v) is 10.8. The summed E-state index contributed by atoms with van der Waals surface area (Å²) in [6, 6.07) is 80.9. The van der Waals surface area contributed by atoms with Crippen molar-refractivity contribution in [3.8, 4) is 33.4 Å². The van der Waals surface area contributed by atoms with E-state index in [-0.39, 0.29) is 0 Å². The highest BCUT2D eigenvalue weighted by molar-refractivity contribution is 6.21. The van der Waals surface area contributed by atoms with Crippen LogP contribution in [0.1, 0.15) is 22.3 Å². The largest absolute Gasteiger partial charge is 0.456 e. The summed E-state index contributed by atoms with van der Waals surface area (Å²) in [6.45, 7) is 0. The van der Waals surface area contributed by atoms with Crippen LogP contribution in [-0.4, -0.2) is 0 Å². The molecule has 1 heterocycles. The highest BCUT2D eigenvalue weighted by Gasteiger charge is 2.47. The molecule has 0 saturated carbocycles. The van der Waals surface area contributed by atoms with Crippen molar-refractivity contribution in [1.82, 2.24) is 0 Å². The van der Waals surface area contributed by atoms with Gasteiger partial charge in [-0.25, -0.2) is 0 Å². The van der Waals surface area contributed by atoms with E-state index in [0.29, 0.717) is 0 Å². The maximum absolute atomic E-state index is 6.39. The average Bonchev–Trinajstić information content (AvgIpc) is 3.83. The van der Waals surface area contributed by atoms with Crippen LogP contribution in [-0.2, 0) is 5.41 Å². The van der Waals surface area contributed by atoms with E-state index in [1.807, 2.05) is 6.07 Å². The third-order valence-electron chi connectivity index (χ3n) is 13.3. The molecule has 0 fully saturated rings. The standard InChI is InChI=1S/C59H36O/c1-3-17-42(18-4-1)59(43-19-5-2-6-20-43)52-25-13-11-24-49(52)58-53(59)36-41-33-39(28-30-46(41)57(58)40-29-32-55-51(35-40)47-23-12-14-26-54(47)60-55)56-45-22-10-8-16-38(45)34-50-44-21-9-7-15-37(44)27-31-48(50)56/h1-36H. The number of benzene rings is 11. The molecule has 0 N–H and O–H groups in total. The van der Waals surface area contributed by atoms with Gasteiger partial charge in [-0.05, 0) is 135 Å². The molecule has 1 heteroatoms. The van der Waals surface area contributed by atoms with Crippen LogP contribution in [0.3, 0.4) is 0 Å². The molecule has 0 aliphatic heterocycles. The predicted molar refractivity (Wildman–Crippen MR) is 252 cm³/mol. The molecular formula is C59H36O. The Morgan fingerprint density at radius 1 is 0.283 bits per heavy atom. The summed E-state index contributed by atoms with van der Waals surface area (Å²) < 4.78 is 6.39. The molecule has 0 saturated heterocycles. The molecule has 1 nitrogen and oxygen atoms in total. The molecule has 1 aromatic heterocycles. The Balaban J connectivity index is 1.19. The third kappa shape index (κ3) is 4.58. The lowest BCUT2D eigenvalue weighted by molar-refractivity contribution is 0.669. The first-order valence-electron chi connectivity index (χ1n) is 20.8. The Morgan fingerprint density at radius 2 is 0.883 bits per heavy atom. The molecule has 1 aliphatic carbocycles. The maximum atomic E-state index is 6.39. The minimum atomic E-state index is -0.551. The normalized spacial score (nSPS) is 13.1. The minimum absolute atomic E-state index is 0.551. The van der Waals surface area contributed by atoms with E-state index in [0.717, 1.165) is 21.9 Å². The number of hydrogen-bond acceptors (Lipinski definition) is 1. The molecule has 278 valence electrons. The van der Waals surface area contributed by atoms with Crippen molar-refractivity contribution >= 4 is 65.0 Å². The van der Waals surface area contributed by atoms with Crippen LogP contribution in [0.15, 0.2) is 223 Å². The third-order valence-corrected chi connectivity index (χ3v) is 13.3. The van der Waals surface area contributed by atoms with Crippen molar-refractivity contribution in [1.29, 1.82) is 0 Å². The van der Waals surface area contributed by atoms with Crippen molar-refractivity contribution in [3.05, 3.63) is 241 Å². The van der Waals surface area contributed by atoms with Crippen molar-refractivity contribution in [3.63, 3.8) is 0 Å². The van der Waals surface area contributed by atoms with E-state index in [1.165, 1.54) is 98.7 Å². The van der Waals surface area contributed by atoms with Crippen molar-refractivity contribution < 1.29 is 4.42 Å². The monoisotopic (exact) mass is 760 g/mol. The summed E-state index contributed by atoms with van der Waals surface area (Å²) in [5.41, 5.74) is 13.8. The van der Waals surface area contributed by atoms with E-state index >= 15 is 0 Å². The van der Waals surface area contributed by atoms with E-state index in [1.54, 1.807) is 0 Å². The van der Waals surface area contributed by atoms with Crippen LogP contribution in [0.5, 0.6) is 0 Å². The summed E-state index contributed by atoms with van der Waals surface area (Å²) in [6.07, 6.45) is 0. The first-order valence-corrected chi connectivity index (χ1v) is 20.8. The van der Waals surface area contributed by atoms with Gasteiger partial charge in [0.25, 0.3) is 0 Å². The summed E-state index contributed by atoms with van der Waals surface area (Å²) in [5.74, 6) is 0. The Labute approximate surface area is 347 Å². The first-order chi connectivity index (χ1) is 29.8. The van der Waals surface area contributed by atoms with Crippen LogP contribution in [0, 0.1) is 0 Å². The first kappa shape index (κ1) is 33.3. The number of para-hydroxylation sites is 1. The zero-order valence-electron chi connectivity index (χ0n) is 32.7. The SMILES string of the molecule is c1ccc(C2(c3ccccc3)c3ccccc3-c3c2cc2cc(-c4c5ccccc5cc5c4ccc4ccccc45)ccc2c3-c2ccc3oc4ccccc4c3c2)cc1. The number of fused-ring (bicyclic) bond motifs is 11. The van der Waals surface area contributed by atoms with E-state index in [9.17, 15) is 0 Å². The van der Waals surface area contributed by atoms with Crippen LogP contribution in [0.25, 0.3) is 98.4 Å². The lowest BCUT2D eigenvalue weighted by atomic mass is 9.67. The number of rotatable bonds is 4. The van der Waals surface area contributed by atoms with E-state index < -0.39 is 5.41 Å². The van der Waals surface area contributed by atoms with Gasteiger partial charge in [-0.2, -0.15) is 0 Å². The van der Waals surface area contributed by atoms with Gasteiger partial charge in [0, 0.05) is 10.8 Å².